The highest BCUT2D eigenvalue weighted by molar-refractivity contribution is 8.00. The summed E-state index contributed by atoms with van der Waals surface area (Å²) in [4.78, 5) is 26.3. The smallest absolute Gasteiger partial charge is 0.233 e. The molecule has 27 heavy (non-hydrogen) atoms. The van der Waals surface area contributed by atoms with Crippen molar-refractivity contribution in [2.45, 2.75) is 11.6 Å². The summed E-state index contributed by atoms with van der Waals surface area (Å²) in [5.41, 5.74) is 1.17. The van der Waals surface area contributed by atoms with Gasteiger partial charge in [0.2, 0.25) is 5.91 Å². The van der Waals surface area contributed by atoms with Crippen molar-refractivity contribution in [3.05, 3.63) is 65.1 Å². The zero-order valence-corrected chi connectivity index (χ0v) is 17.1. The monoisotopic (exact) mass is 411 g/mol. The Morgan fingerprint density at radius 3 is 2.78 bits per heavy atom. The van der Waals surface area contributed by atoms with Crippen LogP contribution in [0.4, 0.5) is 0 Å². The lowest BCUT2D eigenvalue weighted by Crippen LogP contribution is -2.27. The van der Waals surface area contributed by atoms with Gasteiger partial charge in [-0.25, -0.2) is 9.97 Å². The van der Waals surface area contributed by atoms with Gasteiger partial charge in [0.25, 0.3) is 0 Å². The van der Waals surface area contributed by atoms with Crippen molar-refractivity contribution in [1.29, 1.82) is 0 Å². The van der Waals surface area contributed by atoms with E-state index >= 15 is 0 Å². The number of rotatable bonds is 6. The lowest BCUT2D eigenvalue weighted by atomic mass is 10.2. The van der Waals surface area contributed by atoms with Crippen LogP contribution in [-0.2, 0) is 11.3 Å². The second kappa shape index (κ2) is 8.21. The van der Waals surface area contributed by atoms with Crippen LogP contribution in [0.5, 0.6) is 0 Å². The molecule has 0 N–H and O–H groups in total. The van der Waals surface area contributed by atoms with Gasteiger partial charge in [0, 0.05) is 22.2 Å². The molecule has 1 aromatic carbocycles. The summed E-state index contributed by atoms with van der Waals surface area (Å²) in [6, 6.07) is 16.4. The van der Waals surface area contributed by atoms with Crippen LogP contribution in [0.1, 0.15) is 4.88 Å². The Morgan fingerprint density at radius 1 is 1.15 bits per heavy atom. The van der Waals surface area contributed by atoms with E-state index in [9.17, 15) is 4.79 Å². The molecule has 1 amide bonds. The van der Waals surface area contributed by atoms with E-state index < -0.39 is 0 Å². The highest BCUT2D eigenvalue weighted by Gasteiger charge is 2.14. The molecule has 7 heteroatoms. The molecule has 0 aliphatic rings. The van der Waals surface area contributed by atoms with Gasteiger partial charge in [-0.1, -0.05) is 48.2 Å². The third-order valence-corrected chi connectivity index (χ3v) is 7.03. The van der Waals surface area contributed by atoms with Crippen LogP contribution in [0.25, 0.3) is 20.7 Å². The summed E-state index contributed by atoms with van der Waals surface area (Å²) >= 11 is 4.79. The molecule has 0 radical (unpaired) electrons. The molecule has 4 aromatic rings. The summed E-state index contributed by atoms with van der Waals surface area (Å²) in [6.45, 7) is 0.646. The maximum Gasteiger partial charge on any atom is 0.233 e. The third-order valence-electron chi connectivity index (χ3n) is 4.08. The molecule has 0 aliphatic heterocycles. The van der Waals surface area contributed by atoms with E-state index in [1.54, 1.807) is 33.9 Å². The van der Waals surface area contributed by atoms with E-state index in [1.807, 2.05) is 42.8 Å². The molecule has 0 saturated heterocycles. The zero-order valence-electron chi connectivity index (χ0n) is 14.7. The average molecular weight is 412 g/mol. The Balaban J connectivity index is 1.49. The van der Waals surface area contributed by atoms with Gasteiger partial charge >= 0.3 is 0 Å². The molecular formula is C20H17N3OS3. The lowest BCUT2D eigenvalue weighted by molar-refractivity contribution is -0.127. The Kier molecular flexibility index (Phi) is 5.52. The van der Waals surface area contributed by atoms with Gasteiger partial charge in [-0.2, -0.15) is 0 Å². The van der Waals surface area contributed by atoms with Crippen molar-refractivity contribution in [1.82, 2.24) is 14.9 Å². The SMILES string of the molecule is CN(Cc1cccs1)C(=O)CSc1ncnc2sc(-c3ccccc3)cc12. The molecule has 3 aromatic heterocycles. The van der Waals surface area contributed by atoms with E-state index in [0.29, 0.717) is 12.3 Å². The number of hydrogen-bond acceptors (Lipinski definition) is 6. The van der Waals surface area contributed by atoms with E-state index in [2.05, 4.69) is 28.2 Å². The summed E-state index contributed by atoms with van der Waals surface area (Å²) < 4.78 is 0. The molecule has 0 fully saturated rings. The molecule has 0 unspecified atom stereocenters. The zero-order chi connectivity index (χ0) is 18.6. The number of hydrogen-bond donors (Lipinski definition) is 0. The first-order valence-corrected chi connectivity index (χ1v) is 11.1. The van der Waals surface area contributed by atoms with Crippen LogP contribution in [0.15, 0.2) is 65.3 Å². The molecule has 4 nitrogen and oxygen atoms in total. The molecule has 0 atom stereocenters. The number of fused-ring (bicyclic) bond motifs is 1. The van der Waals surface area contributed by atoms with Gasteiger partial charge < -0.3 is 4.90 Å². The molecule has 0 bridgehead atoms. The number of thioether (sulfide) groups is 1. The van der Waals surface area contributed by atoms with Crippen molar-refractivity contribution >= 4 is 50.6 Å². The molecular weight excluding hydrogens is 394 g/mol. The summed E-state index contributed by atoms with van der Waals surface area (Å²) in [5.74, 6) is 0.462. The minimum Gasteiger partial charge on any atom is -0.340 e. The van der Waals surface area contributed by atoms with Crippen LogP contribution >= 0.6 is 34.4 Å². The van der Waals surface area contributed by atoms with Crippen molar-refractivity contribution < 1.29 is 4.79 Å². The topological polar surface area (TPSA) is 46.1 Å². The number of carbonyl (C=O) groups excluding carboxylic acids is 1. The van der Waals surface area contributed by atoms with Crippen LogP contribution in [-0.4, -0.2) is 33.6 Å². The number of thiophene rings is 2. The van der Waals surface area contributed by atoms with Crippen LogP contribution in [0, 0.1) is 0 Å². The quantitative estimate of drug-likeness (QED) is 0.324. The normalized spacial score (nSPS) is 11.0. The Labute approximate surface area is 169 Å². The number of benzene rings is 1. The maximum absolute atomic E-state index is 12.5. The maximum atomic E-state index is 12.5. The van der Waals surface area contributed by atoms with Gasteiger partial charge in [-0.3, -0.25) is 4.79 Å². The molecule has 3 heterocycles. The molecule has 0 spiro atoms. The van der Waals surface area contributed by atoms with Crippen molar-refractivity contribution in [3.8, 4) is 10.4 Å². The van der Waals surface area contributed by atoms with Gasteiger partial charge in [-0.05, 0) is 23.1 Å². The molecule has 0 aliphatic carbocycles. The largest absolute Gasteiger partial charge is 0.340 e. The molecule has 0 saturated carbocycles. The van der Waals surface area contributed by atoms with Gasteiger partial charge in [-0.15, -0.1) is 22.7 Å². The Bertz CT molecular complexity index is 1040. The van der Waals surface area contributed by atoms with Gasteiger partial charge in [0.15, 0.2) is 0 Å². The van der Waals surface area contributed by atoms with Gasteiger partial charge in [0.1, 0.15) is 16.2 Å². The summed E-state index contributed by atoms with van der Waals surface area (Å²) in [6.07, 6.45) is 1.58. The second-order valence-corrected chi connectivity index (χ2v) is 9.02. The van der Waals surface area contributed by atoms with Crippen molar-refractivity contribution in [2.75, 3.05) is 12.8 Å². The number of nitrogens with zero attached hydrogens (tertiary/aromatic N) is 3. The highest BCUT2D eigenvalue weighted by atomic mass is 32.2. The highest BCUT2D eigenvalue weighted by Crippen LogP contribution is 2.36. The fraction of sp³-hybridized carbons (Fsp3) is 0.150. The predicted molar refractivity (Wildman–Crippen MR) is 114 cm³/mol. The number of amides is 1. The Hall–Kier alpha value is -2.22. The first-order valence-electron chi connectivity index (χ1n) is 8.40. The number of aromatic nitrogens is 2. The van der Waals surface area contributed by atoms with E-state index in [4.69, 9.17) is 0 Å². The van der Waals surface area contributed by atoms with E-state index in [1.165, 1.54) is 22.2 Å². The minimum absolute atomic E-state index is 0.0960. The summed E-state index contributed by atoms with van der Waals surface area (Å²) in [7, 11) is 1.84. The van der Waals surface area contributed by atoms with Crippen molar-refractivity contribution in [2.24, 2.45) is 0 Å². The fourth-order valence-corrected chi connectivity index (χ4v) is 5.40. The fourth-order valence-electron chi connectivity index (χ4n) is 2.66. The van der Waals surface area contributed by atoms with Crippen LogP contribution in [0.3, 0.4) is 0 Å². The summed E-state index contributed by atoms with van der Waals surface area (Å²) in [5, 5.41) is 3.90. The third kappa shape index (κ3) is 4.21. The molecule has 4 rings (SSSR count). The number of carbonyl (C=O) groups is 1. The first-order chi connectivity index (χ1) is 13.2. The Morgan fingerprint density at radius 2 is 2.00 bits per heavy atom. The van der Waals surface area contributed by atoms with E-state index in [0.717, 1.165) is 20.1 Å². The minimum atomic E-state index is 0.0960. The lowest BCUT2D eigenvalue weighted by Gasteiger charge is -2.15. The van der Waals surface area contributed by atoms with Gasteiger partial charge in [0.05, 0.1) is 12.3 Å². The van der Waals surface area contributed by atoms with Crippen LogP contribution < -0.4 is 0 Å². The molecule has 136 valence electrons. The predicted octanol–water partition coefficient (Wildman–Crippen LogP) is 5.17. The second-order valence-electron chi connectivity index (χ2n) is 5.99. The van der Waals surface area contributed by atoms with Crippen LogP contribution in [0.2, 0.25) is 0 Å². The standard InChI is InChI=1S/C20H17N3OS3/c1-23(11-15-8-5-9-25-15)18(24)12-26-19-16-10-17(14-6-3-2-4-7-14)27-20(16)22-13-21-19/h2-10,13H,11-12H2,1H3. The average Bonchev–Trinajstić information content (AvgIpc) is 3.36. The van der Waals surface area contributed by atoms with E-state index in [-0.39, 0.29) is 5.91 Å². The first kappa shape index (κ1) is 18.2. The van der Waals surface area contributed by atoms with Crippen molar-refractivity contribution in [3.63, 3.8) is 0 Å².